The van der Waals surface area contributed by atoms with Crippen LogP contribution in [0.15, 0.2) is 42.5 Å². The van der Waals surface area contributed by atoms with Gasteiger partial charge in [-0.2, -0.15) is 0 Å². The SMILES string of the molecule is COc1cccc(C(c2cc(F)ccc2OC)N2CCCC2C(=O)O)c1. The highest BCUT2D eigenvalue weighted by Crippen LogP contribution is 2.40. The van der Waals surface area contributed by atoms with Gasteiger partial charge in [-0.05, 0) is 48.7 Å². The Kier molecular flexibility index (Phi) is 5.42. The average molecular weight is 359 g/mol. The minimum absolute atomic E-state index is 0.389. The zero-order chi connectivity index (χ0) is 18.7. The van der Waals surface area contributed by atoms with Gasteiger partial charge in [-0.25, -0.2) is 4.39 Å². The molecule has 0 radical (unpaired) electrons. The summed E-state index contributed by atoms with van der Waals surface area (Å²) in [7, 11) is 3.10. The maximum absolute atomic E-state index is 14.0. The first-order chi connectivity index (χ1) is 12.5. The Balaban J connectivity index is 2.16. The topological polar surface area (TPSA) is 59.0 Å². The maximum atomic E-state index is 14.0. The van der Waals surface area contributed by atoms with Crippen LogP contribution in [0.1, 0.15) is 30.0 Å². The van der Waals surface area contributed by atoms with Crippen LogP contribution in [0.4, 0.5) is 4.39 Å². The predicted molar refractivity (Wildman–Crippen MR) is 95.2 cm³/mol. The van der Waals surface area contributed by atoms with Gasteiger partial charge in [0.15, 0.2) is 0 Å². The molecule has 2 aromatic carbocycles. The second-order valence-electron chi connectivity index (χ2n) is 6.30. The van der Waals surface area contributed by atoms with Gasteiger partial charge in [-0.3, -0.25) is 9.69 Å². The molecule has 5 nitrogen and oxygen atoms in total. The molecule has 1 fully saturated rings. The Bertz CT molecular complexity index is 795. The van der Waals surface area contributed by atoms with Crippen LogP contribution in [0.2, 0.25) is 0 Å². The van der Waals surface area contributed by atoms with Gasteiger partial charge in [-0.1, -0.05) is 12.1 Å². The van der Waals surface area contributed by atoms with Crippen LogP contribution in [0.5, 0.6) is 11.5 Å². The van der Waals surface area contributed by atoms with E-state index < -0.39 is 18.1 Å². The maximum Gasteiger partial charge on any atom is 0.320 e. The van der Waals surface area contributed by atoms with Crippen molar-refractivity contribution in [2.24, 2.45) is 0 Å². The molecule has 3 rings (SSSR count). The molecule has 138 valence electrons. The molecule has 6 heteroatoms. The monoisotopic (exact) mass is 359 g/mol. The van der Waals surface area contributed by atoms with Crippen molar-refractivity contribution in [1.82, 2.24) is 4.90 Å². The smallest absolute Gasteiger partial charge is 0.320 e. The fraction of sp³-hybridized carbons (Fsp3) is 0.350. The summed E-state index contributed by atoms with van der Waals surface area (Å²) < 4.78 is 24.8. The summed E-state index contributed by atoms with van der Waals surface area (Å²) in [5, 5.41) is 9.64. The first kappa shape index (κ1) is 18.2. The van der Waals surface area contributed by atoms with E-state index in [2.05, 4.69) is 0 Å². The van der Waals surface area contributed by atoms with Crippen molar-refractivity contribution in [3.8, 4) is 11.5 Å². The van der Waals surface area contributed by atoms with Crippen molar-refractivity contribution in [2.75, 3.05) is 20.8 Å². The summed E-state index contributed by atoms with van der Waals surface area (Å²) >= 11 is 0. The fourth-order valence-corrected chi connectivity index (χ4v) is 3.64. The average Bonchev–Trinajstić information content (AvgIpc) is 3.12. The number of rotatable bonds is 6. The largest absolute Gasteiger partial charge is 0.497 e. The molecule has 0 amide bonds. The highest BCUT2D eigenvalue weighted by molar-refractivity contribution is 5.74. The third-order valence-corrected chi connectivity index (χ3v) is 4.81. The van der Waals surface area contributed by atoms with Crippen LogP contribution in [-0.4, -0.2) is 42.8 Å². The highest BCUT2D eigenvalue weighted by Gasteiger charge is 2.38. The van der Waals surface area contributed by atoms with Crippen LogP contribution in [0.25, 0.3) is 0 Å². The van der Waals surface area contributed by atoms with E-state index >= 15 is 0 Å². The number of nitrogens with zero attached hydrogens (tertiary/aromatic N) is 1. The summed E-state index contributed by atoms with van der Waals surface area (Å²) in [6.07, 6.45) is 1.34. The van der Waals surface area contributed by atoms with E-state index in [1.165, 1.54) is 19.2 Å². The van der Waals surface area contributed by atoms with Crippen molar-refractivity contribution in [2.45, 2.75) is 24.9 Å². The normalized spacial score (nSPS) is 18.5. The number of carboxylic acids is 1. The Morgan fingerprint density at radius 2 is 2.04 bits per heavy atom. The van der Waals surface area contributed by atoms with E-state index in [9.17, 15) is 14.3 Å². The van der Waals surface area contributed by atoms with Crippen molar-refractivity contribution >= 4 is 5.97 Å². The predicted octanol–water partition coefficient (Wildman–Crippen LogP) is 3.48. The molecule has 1 aliphatic rings. The molecular formula is C20H22FNO4. The molecule has 0 aromatic heterocycles. The number of halogens is 1. The molecular weight excluding hydrogens is 337 g/mol. The molecule has 2 atom stereocenters. The lowest BCUT2D eigenvalue weighted by Crippen LogP contribution is -2.39. The molecule has 1 N–H and O–H groups in total. The summed E-state index contributed by atoms with van der Waals surface area (Å²) in [4.78, 5) is 13.6. The van der Waals surface area contributed by atoms with E-state index in [1.54, 1.807) is 13.2 Å². The Morgan fingerprint density at radius 1 is 1.23 bits per heavy atom. The van der Waals surface area contributed by atoms with Crippen LogP contribution < -0.4 is 9.47 Å². The van der Waals surface area contributed by atoms with Crippen LogP contribution in [-0.2, 0) is 4.79 Å². The summed E-state index contributed by atoms with van der Waals surface area (Å²) in [5.41, 5.74) is 1.44. The van der Waals surface area contributed by atoms with Crippen LogP contribution >= 0.6 is 0 Å². The Morgan fingerprint density at radius 3 is 2.73 bits per heavy atom. The van der Waals surface area contributed by atoms with E-state index in [0.717, 1.165) is 12.0 Å². The number of carboxylic acid groups (broad SMARTS) is 1. The molecule has 0 bridgehead atoms. The van der Waals surface area contributed by atoms with Crippen molar-refractivity contribution in [1.29, 1.82) is 0 Å². The molecule has 26 heavy (non-hydrogen) atoms. The minimum atomic E-state index is -0.870. The van der Waals surface area contributed by atoms with Gasteiger partial charge in [0.05, 0.1) is 20.3 Å². The lowest BCUT2D eigenvalue weighted by molar-refractivity contribution is -0.142. The van der Waals surface area contributed by atoms with Gasteiger partial charge in [0.1, 0.15) is 23.4 Å². The molecule has 1 aliphatic heterocycles. The van der Waals surface area contributed by atoms with E-state index in [-0.39, 0.29) is 5.82 Å². The van der Waals surface area contributed by atoms with Gasteiger partial charge in [0.2, 0.25) is 0 Å². The van der Waals surface area contributed by atoms with Gasteiger partial charge >= 0.3 is 5.97 Å². The third-order valence-electron chi connectivity index (χ3n) is 4.81. The van der Waals surface area contributed by atoms with E-state index in [1.807, 2.05) is 29.2 Å². The summed E-state index contributed by atoms with van der Waals surface area (Å²) in [6, 6.07) is 10.7. The van der Waals surface area contributed by atoms with Crippen molar-refractivity contribution in [3.63, 3.8) is 0 Å². The quantitative estimate of drug-likeness (QED) is 0.856. The van der Waals surface area contributed by atoms with Gasteiger partial charge in [0.25, 0.3) is 0 Å². The molecule has 2 aromatic rings. The third kappa shape index (κ3) is 3.51. The summed E-state index contributed by atoms with van der Waals surface area (Å²) in [6.45, 7) is 0.610. The molecule has 0 spiro atoms. The number of methoxy groups -OCH3 is 2. The van der Waals surface area contributed by atoms with Gasteiger partial charge < -0.3 is 14.6 Å². The Hall–Kier alpha value is -2.60. The molecule has 2 unspecified atom stereocenters. The molecule has 1 saturated heterocycles. The number of carbonyl (C=O) groups is 1. The number of aliphatic carboxylic acids is 1. The van der Waals surface area contributed by atoms with Gasteiger partial charge in [0, 0.05) is 12.1 Å². The van der Waals surface area contributed by atoms with Crippen LogP contribution in [0.3, 0.4) is 0 Å². The standard InChI is InChI=1S/C20H22FNO4/c1-25-15-6-3-5-13(11-15)19(22-10-4-7-17(22)20(23)24)16-12-14(21)8-9-18(16)26-2/h3,5-6,8-9,11-12,17,19H,4,7,10H2,1-2H3,(H,23,24). The Labute approximate surface area is 152 Å². The lowest BCUT2D eigenvalue weighted by Gasteiger charge is -2.33. The fourth-order valence-electron chi connectivity index (χ4n) is 3.64. The zero-order valence-electron chi connectivity index (χ0n) is 14.8. The number of hydrogen-bond donors (Lipinski definition) is 1. The number of ether oxygens (including phenoxy) is 2. The van der Waals surface area contributed by atoms with Crippen molar-refractivity contribution < 1.29 is 23.8 Å². The molecule has 0 aliphatic carbocycles. The molecule has 1 heterocycles. The van der Waals surface area contributed by atoms with Crippen molar-refractivity contribution in [3.05, 3.63) is 59.4 Å². The first-order valence-corrected chi connectivity index (χ1v) is 8.51. The lowest BCUT2D eigenvalue weighted by atomic mass is 9.95. The second-order valence-corrected chi connectivity index (χ2v) is 6.30. The molecule has 0 saturated carbocycles. The van der Waals surface area contributed by atoms with E-state index in [4.69, 9.17) is 9.47 Å². The highest BCUT2D eigenvalue weighted by atomic mass is 19.1. The number of likely N-dealkylation sites (tertiary alicyclic amines) is 1. The number of benzene rings is 2. The van der Waals surface area contributed by atoms with E-state index in [0.29, 0.717) is 30.0 Å². The zero-order valence-corrected chi connectivity index (χ0v) is 14.8. The summed E-state index contributed by atoms with van der Waals surface area (Å²) in [5.74, 6) is -0.0743. The second kappa shape index (κ2) is 7.74. The van der Waals surface area contributed by atoms with Gasteiger partial charge in [-0.15, -0.1) is 0 Å². The minimum Gasteiger partial charge on any atom is -0.497 e. The number of hydrogen-bond acceptors (Lipinski definition) is 4. The first-order valence-electron chi connectivity index (χ1n) is 8.51. The van der Waals surface area contributed by atoms with Crippen LogP contribution in [0, 0.1) is 5.82 Å².